The van der Waals surface area contributed by atoms with Gasteiger partial charge >= 0.3 is 0 Å². The number of rotatable bonds is 4. The number of nitrogens with one attached hydrogen (secondary N) is 1. The molecule has 0 bridgehead atoms. The van der Waals surface area contributed by atoms with Gasteiger partial charge < -0.3 is 19.7 Å². The van der Waals surface area contributed by atoms with Crippen LogP contribution in [-0.2, 0) is 6.54 Å². The third-order valence-corrected chi connectivity index (χ3v) is 3.47. The largest absolute Gasteiger partial charge is 0.486 e. The summed E-state index contributed by atoms with van der Waals surface area (Å²) in [6.07, 6.45) is 0. The molecule has 110 valence electrons. The first-order valence-electron chi connectivity index (χ1n) is 7.12. The first kappa shape index (κ1) is 13.6. The van der Waals surface area contributed by atoms with Crippen LogP contribution in [0.4, 0.5) is 11.4 Å². The molecule has 4 heteroatoms. The van der Waals surface area contributed by atoms with Gasteiger partial charge in [0, 0.05) is 32.0 Å². The molecule has 0 atom stereocenters. The van der Waals surface area contributed by atoms with Gasteiger partial charge in [0.1, 0.15) is 13.2 Å². The minimum atomic E-state index is 0.620. The number of fused-ring (bicyclic) bond motifs is 1. The van der Waals surface area contributed by atoms with Gasteiger partial charge in [0.25, 0.3) is 0 Å². The highest BCUT2D eigenvalue weighted by Gasteiger charge is 2.11. The number of hydrogen-bond acceptors (Lipinski definition) is 4. The van der Waals surface area contributed by atoms with Crippen LogP contribution in [0.25, 0.3) is 0 Å². The molecule has 1 aliphatic rings. The quantitative estimate of drug-likeness (QED) is 0.935. The summed E-state index contributed by atoms with van der Waals surface area (Å²) in [5.41, 5.74) is 3.47. The predicted octanol–water partition coefficient (Wildman–Crippen LogP) is 3.14. The molecule has 1 heterocycles. The minimum Gasteiger partial charge on any atom is -0.486 e. The summed E-state index contributed by atoms with van der Waals surface area (Å²) >= 11 is 0. The van der Waals surface area contributed by atoms with E-state index in [9.17, 15) is 0 Å². The Morgan fingerprint density at radius 3 is 2.62 bits per heavy atom. The molecule has 0 aromatic heterocycles. The Kier molecular flexibility index (Phi) is 3.86. The summed E-state index contributed by atoms with van der Waals surface area (Å²) < 4.78 is 11.1. The van der Waals surface area contributed by atoms with Gasteiger partial charge in [-0.2, -0.15) is 0 Å². The number of hydrogen-bond donors (Lipinski definition) is 1. The first-order chi connectivity index (χ1) is 10.2. The Morgan fingerprint density at radius 1 is 1.00 bits per heavy atom. The summed E-state index contributed by atoms with van der Waals surface area (Å²) in [5.74, 6) is 1.67. The van der Waals surface area contributed by atoms with Crippen molar-refractivity contribution in [2.75, 3.05) is 37.5 Å². The van der Waals surface area contributed by atoms with E-state index in [0.29, 0.717) is 13.2 Å². The Balaban J connectivity index is 1.68. The van der Waals surface area contributed by atoms with E-state index in [0.717, 1.165) is 23.7 Å². The van der Waals surface area contributed by atoms with Gasteiger partial charge in [-0.25, -0.2) is 0 Å². The van der Waals surface area contributed by atoms with Crippen LogP contribution in [0.2, 0.25) is 0 Å². The first-order valence-corrected chi connectivity index (χ1v) is 7.12. The van der Waals surface area contributed by atoms with Crippen LogP contribution in [0.1, 0.15) is 5.56 Å². The van der Waals surface area contributed by atoms with Crippen LogP contribution >= 0.6 is 0 Å². The molecule has 0 saturated heterocycles. The molecule has 4 nitrogen and oxygen atoms in total. The molecular formula is C17H20N2O2. The van der Waals surface area contributed by atoms with Crippen molar-refractivity contribution in [2.24, 2.45) is 0 Å². The molecule has 0 radical (unpaired) electrons. The van der Waals surface area contributed by atoms with Crippen LogP contribution in [-0.4, -0.2) is 27.3 Å². The average molecular weight is 284 g/mol. The number of benzene rings is 2. The van der Waals surface area contributed by atoms with E-state index in [1.165, 1.54) is 11.3 Å². The van der Waals surface area contributed by atoms with E-state index >= 15 is 0 Å². The van der Waals surface area contributed by atoms with Gasteiger partial charge in [-0.1, -0.05) is 12.1 Å². The van der Waals surface area contributed by atoms with Crippen molar-refractivity contribution < 1.29 is 9.47 Å². The van der Waals surface area contributed by atoms with E-state index in [2.05, 4.69) is 40.5 Å². The van der Waals surface area contributed by atoms with Crippen molar-refractivity contribution in [2.45, 2.75) is 6.54 Å². The third kappa shape index (κ3) is 3.21. The summed E-state index contributed by atoms with van der Waals surface area (Å²) in [4.78, 5) is 2.09. The van der Waals surface area contributed by atoms with Gasteiger partial charge in [-0.3, -0.25) is 0 Å². The average Bonchev–Trinajstić information content (AvgIpc) is 2.53. The molecule has 21 heavy (non-hydrogen) atoms. The molecule has 2 aromatic rings. The zero-order valence-corrected chi connectivity index (χ0v) is 12.4. The second-order valence-corrected chi connectivity index (χ2v) is 5.28. The maximum absolute atomic E-state index is 5.61. The van der Waals surface area contributed by atoms with Crippen LogP contribution in [0, 0.1) is 0 Å². The van der Waals surface area contributed by atoms with Crippen LogP contribution < -0.4 is 19.7 Å². The van der Waals surface area contributed by atoms with Crippen LogP contribution in [0.15, 0.2) is 42.5 Å². The molecule has 3 rings (SSSR count). The molecule has 1 aliphatic heterocycles. The SMILES string of the molecule is CN(C)c1cccc(NCc2ccc3c(c2)OCCO3)c1. The fraction of sp³-hybridized carbons (Fsp3) is 0.294. The molecular weight excluding hydrogens is 264 g/mol. The molecule has 0 aliphatic carbocycles. The maximum atomic E-state index is 5.61. The van der Waals surface area contributed by atoms with E-state index in [-0.39, 0.29) is 0 Å². The molecule has 0 saturated carbocycles. The van der Waals surface area contributed by atoms with Crippen molar-refractivity contribution >= 4 is 11.4 Å². The summed E-state index contributed by atoms with van der Waals surface area (Å²) in [6, 6.07) is 14.4. The van der Waals surface area contributed by atoms with Crippen LogP contribution in [0.3, 0.4) is 0 Å². The highest BCUT2D eigenvalue weighted by molar-refractivity contribution is 5.57. The van der Waals surface area contributed by atoms with Crippen molar-refractivity contribution in [3.8, 4) is 11.5 Å². The third-order valence-electron chi connectivity index (χ3n) is 3.47. The van der Waals surface area contributed by atoms with Crippen molar-refractivity contribution in [1.29, 1.82) is 0 Å². The van der Waals surface area contributed by atoms with E-state index in [1.54, 1.807) is 0 Å². The second-order valence-electron chi connectivity index (χ2n) is 5.28. The Labute approximate surface area is 125 Å². The normalized spacial score (nSPS) is 12.9. The van der Waals surface area contributed by atoms with Crippen molar-refractivity contribution in [3.05, 3.63) is 48.0 Å². The fourth-order valence-corrected chi connectivity index (χ4v) is 2.30. The van der Waals surface area contributed by atoms with E-state index < -0.39 is 0 Å². The minimum absolute atomic E-state index is 0.620. The summed E-state index contributed by atoms with van der Waals surface area (Å²) in [6.45, 7) is 2.00. The monoisotopic (exact) mass is 284 g/mol. The fourth-order valence-electron chi connectivity index (χ4n) is 2.30. The predicted molar refractivity (Wildman–Crippen MR) is 85.5 cm³/mol. The standard InChI is InChI=1S/C17H20N2O2/c1-19(2)15-5-3-4-14(11-15)18-12-13-6-7-16-17(10-13)21-9-8-20-16/h3-7,10-11,18H,8-9,12H2,1-2H3. The van der Waals surface area contributed by atoms with Crippen LogP contribution in [0.5, 0.6) is 11.5 Å². The van der Waals surface area contributed by atoms with Crippen molar-refractivity contribution in [3.63, 3.8) is 0 Å². The Bertz CT molecular complexity index is 626. The van der Waals surface area contributed by atoms with Gasteiger partial charge in [0.05, 0.1) is 0 Å². The highest BCUT2D eigenvalue weighted by Crippen LogP contribution is 2.31. The molecule has 1 N–H and O–H groups in total. The molecule has 0 unspecified atom stereocenters. The second kappa shape index (κ2) is 5.95. The lowest BCUT2D eigenvalue weighted by Crippen LogP contribution is -2.15. The maximum Gasteiger partial charge on any atom is 0.161 e. The Hall–Kier alpha value is -2.36. The van der Waals surface area contributed by atoms with Crippen molar-refractivity contribution in [1.82, 2.24) is 0 Å². The summed E-state index contributed by atoms with van der Waals surface area (Å²) in [7, 11) is 4.08. The molecule has 2 aromatic carbocycles. The topological polar surface area (TPSA) is 33.7 Å². The zero-order chi connectivity index (χ0) is 14.7. The van der Waals surface area contributed by atoms with E-state index in [1.807, 2.05) is 26.2 Å². The zero-order valence-electron chi connectivity index (χ0n) is 12.4. The number of anilines is 2. The number of ether oxygens (including phenoxy) is 2. The molecule has 0 fully saturated rings. The molecule has 0 spiro atoms. The van der Waals surface area contributed by atoms with Gasteiger partial charge in [0.15, 0.2) is 11.5 Å². The summed E-state index contributed by atoms with van der Waals surface area (Å²) in [5, 5.41) is 3.44. The smallest absolute Gasteiger partial charge is 0.161 e. The lowest BCUT2D eigenvalue weighted by atomic mass is 10.2. The highest BCUT2D eigenvalue weighted by atomic mass is 16.6. The Morgan fingerprint density at radius 2 is 1.81 bits per heavy atom. The van der Waals surface area contributed by atoms with E-state index in [4.69, 9.17) is 9.47 Å². The van der Waals surface area contributed by atoms with Gasteiger partial charge in [-0.05, 0) is 35.9 Å². The van der Waals surface area contributed by atoms with Gasteiger partial charge in [-0.15, -0.1) is 0 Å². The lowest BCUT2D eigenvalue weighted by molar-refractivity contribution is 0.171. The molecule has 0 amide bonds. The van der Waals surface area contributed by atoms with Gasteiger partial charge in [0.2, 0.25) is 0 Å². The number of nitrogens with zero attached hydrogens (tertiary/aromatic N) is 1. The lowest BCUT2D eigenvalue weighted by Gasteiger charge is -2.19.